The molecule has 0 saturated carbocycles. The van der Waals surface area contributed by atoms with Gasteiger partial charge in [-0.15, -0.1) is 0 Å². The number of unbranched alkanes of at least 4 members (excludes halogenated alkanes) is 8. The van der Waals surface area contributed by atoms with Gasteiger partial charge < -0.3 is 0 Å². The quantitative estimate of drug-likeness (QED) is 0.293. The third-order valence-electron chi connectivity index (χ3n) is 3.95. The van der Waals surface area contributed by atoms with E-state index in [0.717, 1.165) is 19.4 Å². The van der Waals surface area contributed by atoms with Crippen LogP contribution < -0.4 is 0 Å². The molecule has 0 aliphatic carbocycles. The van der Waals surface area contributed by atoms with Crippen LogP contribution in [-0.4, -0.2) is 30.7 Å². The number of rotatable bonds is 13. The highest BCUT2D eigenvalue weighted by atomic mass is 15.3. The molecule has 0 aliphatic rings. The van der Waals surface area contributed by atoms with Gasteiger partial charge in [0.05, 0.1) is 6.54 Å². The summed E-state index contributed by atoms with van der Waals surface area (Å²) < 4.78 is 0.319. The molecule has 0 aliphatic heterocycles. The second-order valence-electron chi connectivity index (χ2n) is 5.84. The van der Waals surface area contributed by atoms with Crippen molar-refractivity contribution in [1.29, 1.82) is 15.8 Å². The van der Waals surface area contributed by atoms with Crippen molar-refractivity contribution in [3.05, 3.63) is 0 Å². The van der Waals surface area contributed by atoms with E-state index in [9.17, 15) is 0 Å². The average Bonchev–Trinajstić information content (AvgIpc) is 2.46. The molecule has 4 nitrogen and oxygen atoms in total. The highest BCUT2D eigenvalue weighted by Crippen LogP contribution is 2.13. The van der Waals surface area contributed by atoms with Crippen LogP contribution in [-0.2, 0) is 0 Å². The average molecular weight is 289 g/mol. The lowest BCUT2D eigenvalue weighted by Gasteiger charge is -2.31. The zero-order chi connectivity index (χ0) is 15.8. The molecule has 21 heavy (non-hydrogen) atoms. The third kappa shape index (κ3) is 9.89. The van der Waals surface area contributed by atoms with Gasteiger partial charge in [0.1, 0.15) is 18.2 Å². The maximum Gasteiger partial charge on any atom is 0.168 e. The molecule has 0 rings (SSSR count). The van der Waals surface area contributed by atoms with Crippen LogP contribution in [0.15, 0.2) is 0 Å². The van der Waals surface area contributed by atoms with Crippen LogP contribution >= 0.6 is 0 Å². The van der Waals surface area contributed by atoms with Gasteiger partial charge in [0.25, 0.3) is 0 Å². The Bertz CT molecular complexity index is 329. The van der Waals surface area contributed by atoms with Crippen LogP contribution in [0, 0.1) is 34.0 Å². The van der Waals surface area contributed by atoms with Crippen LogP contribution in [0.3, 0.4) is 0 Å². The summed E-state index contributed by atoms with van der Waals surface area (Å²) in [6, 6.07) is 6.39. The lowest BCUT2D eigenvalue weighted by atomic mass is 10.1. The van der Waals surface area contributed by atoms with Crippen molar-refractivity contribution in [2.45, 2.75) is 64.7 Å². The molecular weight excluding hydrogens is 260 g/mol. The van der Waals surface area contributed by atoms with E-state index < -0.39 is 0 Å². The first-order valence-electron chi connectivity index (χ1n) is 8.20. The van der Waals surface area contributed by atoms with Gasteiger partial charge in [0, 0.05) is 0 Å². The normalized spacial score (nSPS) is 10.6. The SMILES string of the molecule is CCCCCCCCCCC[N+](CC#N)(CC#N)CC#N. The standard InChI is InChI=1S/C17H29N4/c1-2-3-4-5-6-7-8-9-10-14-21(15-11-18,16-12-19)17-13-20/h2-10,14-17H2,1H3/q+1. The minimum atomic E-state index is 0.262. The number of nitrogens with zero attached hydrogens (tertiary/aromatic N) is 4. The van der Waals surface area contributed by atoms with Crippen molar-refractivity contribution in [3.8, 4) is 18.2 Å². The van der Waals surface area contributed by atoms with Crippen molar-refractivity contribution in [1.82, 2.24) is 0 Å². The molecule has 4 heteroatoms. The summed E-state index contributed by atoms with van der Waals surface area (Å²) in [5, 5.41) is 26.7. The first kappa shape index (κ1) is 19.4. The second-order valence-corrected chi connectivity index (χ2v) is 5.84. The molecule has 0 amide bonds. The molecule has 0 heterocycles. The largest absolute Gasteiger partial charge is 0.288 e. The molecule has 0 unspecified atom stereocenters. The Kier molecular flexibility index (Phi) is 12.4. The van der Waals surface area contributed by atoms with Gasteiger partial charge in [0.2, 0.25) is 0 Å². The molecule has 0 fully saturated rings. The first-order valence-corrected chi connectivity index (χ1v) is 8.20. The fourth-order valence-corrected chi connectivity index (χ4v) is 2.61. The summed E-state index contributed by atoms with van der Waals surface area (Å²) in [4.78, 5) is 0. The van der Waals surface area contributed by atoms with E-state index in [1.807, 2.05) is 0 Å². The molecule has 0 aromatic heterocycles. The number of nitriles is 3. The van der Waals surface area contributed by atoms with Crippen LogP contribution in [0.2, 0.25) is 0 Å². The van der Waals surface area contributed by atoms with Crippen molar-refractivity contribution < 1.29 is 4.48 Å². The Balaban J connectivity index is 3.86. The highest BCUT2D eigenvalue weighted by Gasteiger charge is 2.26. The van der Waals surface area contributed by atoms with Gasteiger partial charge in [-0.05, 0) is 12.8 Å². The molecule has 0 bridgehead atoms. The second kappa shape index (κ2) is 13.4. The summed E-state index contributed by atoms with van der Waals surface area (Å²) >= 11 is 0. The van der Waals surface area contributed by atoms with E-state index in [1.54, 1.807) is 0 Å². The van der Waals surface area contributed by atoms with E-state index in [0.29, 0.717) is 4.48 Å². The van der Waals surface area contributed by atoms with Gasteiger partial charge in [-0.3, -0.25) is 4.48 Å². The monoisotopic (exact) mass is 289 g/mol. The Hall–Kier alpha value is -1.57. The lowest BCUT2D eigenvalue weighted by molar-refractivity contribution is -0.908. The van der Waals surface area contributed by atoms with E-state index >= 15 is 0 Å². The Morgan fingerprint density at radius 1 is 0.619 bits per heavy atom. The van der Waals surface area contributed by atoms with Crippen molar-refractivity contribution in [2.24, 2.45) is 0 Å². The minimum Gasteiger partial charge on any atom is -0.288 e. The molecule has 116 valence electrons. The topological polar surface area (TPSA) is 71.4 Å². The molecule has 0 radical (unpaired) electrons. The van der Waals surface area contributed by atoms with Crippen LogP contribution in [0.4, 0.5) is 0 Å². The summed E-state index contributed by atoms with van der Waals surface area (Å²) in [6.07, 6.45) is 11.3. The van der Waals surface area contributed by atoms with Crippen molar-refractivity contribution >= 4 is 0 Å². The molecule has 0 aromatic carbocycles. The summed E-state index contributed by atoms with van der Waals surface area (Å²) in [7, 11) is 0. The van der Waals surface area contributed by atoms with Gasteiger partial charge in [-0.2, -0.15) is 15.8 Å². The van der Waals surface area contributed by atoms with Gasteiger partial charge in [0.15, 0.2) is 19.6 Å². The number of hydrogen-bond acceptors (Lipinski definition) is 3. The zero-order valence-electron chi connectivity index (χ0n) is 13.5. The molecule has 0 N–H and O–H groups in total. The Morgan fingerprint density at radius 3 is 1.38 bits per heavy atom. The minimum absolute atomic E-state index is 0.262. The van der Waals surface area contributed by atoms with E-state index in [1.165, 1.54) is 44.9 Å². The van der Waals surface area contributed by atoms with Crippen LogP contribution in [0.1, 0.15) is 64.7 Å². The van der Waals surface area contributed by atoms with Gasteiger partial charge >= 0.3 is 0 Å². The van der Waals surface area contributed by atoms with Crippen LogP contribution in [0.5, 0.6) is 0 Å². The molecule has 0 atom stereocenters. The third-order valence-corrected chi connectivity index (χ3v) is 3.95. The summed E-state index contributed by atoms with van der Waals surface area (Å²) in [5.41, 5.74) is 0. The van der Waals surface area contributed by atoms with E-state index in [4.69, 9.17) is 15.8 Å². The molecular formula is C17H29N4+. The fraction of sp³-hybridized carbons (Fsp3) is 0.824. The maximum atomic E-state index is 8.91. The first-order chi connectivity index (χ1) is 10.2. The molecule has 0 saturated heterocycles. The van der Waals surface area contributed by atoms with Crippen LogP contribution in [0.25, 0.3) is 0 Å². The maximum absolute atomic E-state index is 8.91. The smallest absolute Gasteiger partial charge is 0.168 e. The predicted octanol–water partition coefficient (Wildman–Crippen LogP) is 3.90. The van der Waals surface area contributed by atoms with E-state index in [-0.39, 0.29) is 19.6 Å². The van der Waals surface area contributed by atoms with Crippen molar-refractivity contribution in [2.75, 3.05) is 26.2 Å². The molecule has 0 spiro atoms. The lowest BCUT2D eigenvalue weighted by Crippen LogP contribution is -2.49. The fourth-order valence-electron chi connectivity index (χ4n) is 2.61. The van der Waals surface area contributed by atoms with Gasteiger partial charge in [-0.1, -0.05) is 51.9 Å². The molecule has 0 aromatic rings. The van der Waals surface area contributed by atoms with Gasteiger partial charge in [-0.25, -0.2) is 0 Å². The van der Waals surface area contributed by atoms with E-state index in [2.05, 4.69) is 25.1 Å². The zero-order valence-corrected chi connectivity index (χ0v) is 13.5. The Morgan fingerprint density at radius 2 is 1.00 bits per heavy atom. The number of quaternary nitrogens is 1. The summed E-state index contributed by atoms with van der Waals surface area (Å²) in [5.74, 6) is 0. The predicted molar refractivity (Wildman–Crippen MR) is 83.8 cm³/mol. The summed E-state index contributed by atoms with van der Waals surface area (Å²) in [6.45, 7) is 3.78. The Labute approximate surface area is 130 Å². The highest BCUT2D eigenvalue weighted by molar-refractivity contribution is 4.80. The number of hydrogen-bond donors (Lipinski definition) is 0. The van der Waals surface area contributed by atoms with Crippen molar-refractivity contribution in [3.63, 3.8) is 0 Å².